The van der Waals surface area contributed by atoms with E-state index in [9.17, 15) is 4.79 Å². The number of aromatic nitrogens is 3. The first kappa shape index (κ1) is 21.7. The van der Waals surface area contributed by atoms with Gasteiger partial charge in [0.25, 0.3) is 0 Å². The summed E-state index contributed by atoms with van der Waals surface area (Å²) in [4.78, 5) is 12.4. The van der Waals surface area contributed by atoms with Crippen LogP contribution in [0.5, 0.6) is 5.75 Å². The largest absolute Gasteiger partial charge is 0.495 e. The molecule has 2 aromatic carbocycles. The van der Waals surface area contributed by atoms with Gasteiger partial charge in [-0.1, -0.05) is 47.6 Å². The average molecular weight is 459 g/mol. The van der Waals surface area contributed by atoms with Crippen molar-refractivity contribution >= 4 is 29.3 Å². The third-order valence-electron chi connectivity index (χ3n) is 4.96. The number of ether oxygens (including phenoxy) is 2. The summed E-state index contributed by atoms with van der Waals surface area (Å²) in [5.41, 5.74) is 1.52. The molecule has 0 saturated carbocycles. The van der Waals surface area contributed by atoms with E-state index in [0.29, 0.717) is 28.3 Å². The highest BCUT2D eigenvalue weighted by Crippen LogP contribution is 2.34. The molecule has 9 heteroatoms. The Kier molecular flexibility index (Phi) is 7.11. The summed E-state index contributed by atoms with van der Waals surface area (Å²) in [5, 5.41) is 12.8. The monoisotopic (exact) mass is 458 g/mol. The van der Waals surface area contributed by atoms with Crippen LogP contribution in [0.4, 0.5) is 0 Å². The van der Waals surface area contributed by atoms with E-state index in [0.717, 1.165) is 30.7 Å². The van der Waals surface area contributed by atoms with Crippen molar-refractivity contribution in [3.63, 3.8) is 0 Å². The number of carbonyl (C=O) groups excluding carboxylic acids is 1. The van der Waals surface area contributed by atoms with Gasteiger partial charge in [-0.05, 0) is 37.1 Å². The summed E-state index contributed by atoms with van der Waals surface area (Å²) >= 11 is 7.75. The first-order valence-electron chi connectivity index (χ1n) is 10.0. The number of methoxy groups -OCH3 is 1. The predicted molar refractivity (Wildman–Crippen MR) is 121 cm³/mol. The maximum Gasteiger partial charge on any atom is 0.230 e. The van der Waals surface area contributed by atoms with Crippen LogP contribution in [0.1, 0.15) is 12.8 Å². The molecular formula is C22H23ClN4O3S. The highest BCUT2D eigenvalue weighted by molar-refractivity contribution is 7.99. The number of halogens is 1. The molecule has 31 heavy (non-hydrogen) atoms. The molecule has 0 bridgehead atoms. The van der Waals surface area contributed by atoms with Crippen molar-refractivity contribution in [2.75, 3.05) is 26.0 Å². The summed E-state index contributed by atoms with van der Waals surface area (Å²) < 4.78 is 13.0. The summed E-state index contributed by atoms with van der Waals surface area (Å²) in [6.07, 6.45) is 2.14. The molecular weight excluding hydrogens is 436 g/mol. The van der Waals surface area contributed by atoms with Crippen molar-refractivity contribution in [3.05, 3.63) is 53.6 Å². The Bertz CT molecular complexity index is 1050. The fourth-order valence-electron chi connectivity index (χ4n) is 3.43. The molecule has 0 aliphatic carbocycles. The van der Waals surface area contributed by atoms with Crippen molar-refractivity contribution in [1.29, 1.82) is 0 Å². The first-order valence-corrected chi connectivity index (χ1v) is 11.4. The van der Waals surface area contributed by atoms with E-state index in [1.165, 1.54) is 11.8 Å². The molecule has 1 atom stereocenters. The molecule has 3 aromatic rings. The molecule has 7 nitrogen and oxygen atoms in total. The highest BCUT2D eigenvalue weighted by atomic mass is 35.5. The Morgan fingerprint density at radius 3 is 2.84 bits per heavy atom. The van der Waals surface area contributed by atoms with Crippen molar-refractivity contribution in [3.8, 4) is 22.8 Å². The van der Waals surface area contributed by atoms with Gasteiger partial charge in [-0.2, -0.15) is 0 Å². The normalized spacial score (nSPS) is 15.7. The zero-order valence-corrected chi connectivity index (χ0v) is 18.7. The molecule has 1 aliphatic heterocycles. The lowest BCUT2D eigenvalue weighted by molar-refractivity contribution is -0.119. The number of thioether (sulfide) groups is 1. The molecule has 0 radical (unpaired) electrons. The van der Waals surface area contributed by atoms with E-state index in [2.05, 4.69) is 15.5 Å². The van der Waals surface area contributed by atoms with Crippen LogP contribution < -0.4 is 10.1 Å². The maximum atomic E-state index is 12.4. The minimum atomic E-state index is -0.0747. The Morgan fingerprint density at radius 2 is 2.06 bits per heavy atom. The summed E-state index contributed by atoms with van der Waals surface area (Å²) in [6.45, 7) is 1.30. The van der Waals surface area contributed by atoms with Gasteiger partial charge in [0.2, 0.25) is 5.91 Å². The second-order valence-corrected chi connectivity index (χ2v) is 8.37. The van der Waals surface area contributed by atoms with Gasteiger partial charge in [0.1, 0.15) is 5.75 Å². The number of carbonyl (C=O) groups is 1. The Balaban J connectivity index is 1.60. The van der Waals surface area contributed by atoms with Gasteiger partial charge in [-0.25, -0.2) is 0 Å². The van der Waals surface area contributed by atoms with Crippen LogP contribution >= 0.6 is 23.4 Å². The second kappa shape index (κ2) is 10.2. The third-order valence-corrected chi connectivity index (χ3v) is 6.22. The third kappa shape index (κ3) is 5.03. The predicted octanol–water partition coefficient (Wildman–Crippen LogP) is 3.98. The fraction of sp³-hybridized carbons (Fsp3) is 0.318. The van der Waals surface area contributed by atoms with Crippen LogP contribution in [0.2, 0.25) is 5.02 Å². The second-order valence-electron chi connectivity index (χ2n) is 7.02. The number of para-hydroxylation sites is 2. The van der Waals surface area contributed by atoms with Crippen molar-refractivity contribution in [1.82, 2.24) is 20.1 Å². The van der Waals surface area contributed by atoms with Crippen LogP contribution in [-0.4, -0.2) is 52.8 Å². The van der Waals surface area contributed by atoms with Crippen LogP contribution in [0.25, 0.3) is 17.1 Å². The standard InChI is InChI=1S/C22H23ClN4O3S/c1-29-19-11-5-4-10-18(19)27-21(16-8-2-3-9-17(16)23)25-26-22(27)31-14-20(28)24-13-15-7-6-12-30-15/h2-5,8-11,15H,6-7,12-14H2,1H3,(H,24,28). The Morgan fingerprint density at radius 1 is 1.26 bits per heavy atom. The zero-order chi connectivity index (χ0) is 21.6. The van der Waals surface area contributed by atoms with Gasteiger partial charge in [0.05, 0.1) is 29.7 Å². The molecule has 1 aliphatic rings. The topological polar surface area (TPSA) is 78.3 Å². The smallest absolute Gasteiger partial charge is 0.230 e. The lowest BCUT2D eigenvalue weighted by atomic mass is 10.2. The molecule has 1 saturated heterocycles. The summed E-state index contributed by atoms with van der Waals surface area (Å²) in [7, 11) is 1.61. The van der Waals surface area contributed by atoms with E-state index in [1.54, 1.807) is 7.11 Å². The van der Waals surface area contributed by atoms with Gasteiger partial charge in [0, 0.05) is 18.7 Å². The van der Waals surface area contributed by atoms with Crippen LogP contribution in [0, 0.1) is 0 Å². The molecule has 1 unspecified atom stereocenters. The van der Waals surface area contributed by atoms with Crippen LogP contribution in [-0.2, 0) is 9.53 Å². The molecule has 2 heterocycles. The lowest BCUT2D eigenvalue weighted by Gasteiger charge is -2.14. The number of benzene rings is 2. The van der Waals surface area contributed by atoms with E-state index in [4.69, 9.17) is 21.1 Å². The Labute approximate surface area is 190 Å². The number of nitrogens with one attached hydrogen (secondary N) is 1. The number of hydrogen-bond acceptors (Lipinski definition) is 6. The van der Waals surface area contributed by atoms with Gasteiger partial charge >= 0.3 is 0 Å². The molecule has 1 aromatic heterocycles. The zero-order valence-electron chi connectivity index (χ0n) is 17.1. The van der Waals surface area contributed by atoms with E-state index >= 15 is 0 Å². The fourth-order valence-corrected chi connectivity index (χ4v) is 4.42. The van der Waals surface area contributed by atoms with Crippen molar-refractivity contribution in [2.45, 2.75) is 24.1 Å². The highest BCUT2D eigenvalue weighted by Gasteiger charge is 2.21. The molecule has 1 fully saturated rings. The Hall–Kier alpha value is -2.55. The number of hydrogen-bond donors (Lipinski definition) is 1. The molecule has 4 rings (SSSR count). The molecule has 1 amide bonds. The van der Waals surface area contributed by atoms with E-state index in [1.807, 2.05) is 53.1 Å². The van der Waals surface area contributed by atoms with E-state index < -0.39 is 0 Å². The molecule has 162 valence electrons. The maximum absolute atomic E-state index is 12.4. The van der Waals surface area contributed by atoms with Gasteiger partial charge in [-0.15, -0.1) is 10.2 Å². The van der Waals surface area contributed by atoms with Gasteiger partial charge in [0.15, 0.2) is 11.0 Å². The number of rotatable bonds is 8. The molecule has 1 N–H and O–H groups in total. The number of amides is 1. The molecule has 0 spiro atoms. The SMILES string of the molecule is COc1ccccc1-n1c(SCC(=O)NCC2CCCO2)nnc1-c1ccccc1Cl. The van der Waals surface area contributed by atoms with Crippen molar-refractivity contribution < 1.29 is 14.3 Å². The minimum absolute atomic E-state index is 0.0747. The summed E-state index contributed by atoms with van der Waals surface area (Å²) in [6, 6.07) is 15.1. The van der Waals surface area contributed by atoms with Crippen LogP contribution in [0.15, 0.2) is 53.7 Å². The van der Waals surface area contributed by atoms with Crippen molar-refractivity contribution in [2.24, 2.45) is 0 Å². The van der Waals surface area contributed by atoms with Gasteiger partial charge < -0.3 is 14.8 Å². The lowest BCUT2D eigenvalue weighted by Crippen LogP contribution is -2.32. The minimum Gasteiger partial charge on any atom is -0.495 e. The number of nitrogens with zero attached hydrogens (tertiary/aromatic N) is 3. The van der Waals surface area contributed by atoms with Gasteiger partial charge in [-0.3, -0.25) is 9.36 Å². The van der Waals surface area contributed by atoms with Crippen LogP contribution in [0.3, 0.4) is 0 Å². The first-order chi connectivity index (χ1) is 15.2. The summed E-state index contributed by atoms with van der Waals surface area (Å²) in [5.74, 6) is 1.38. The average Bonchev–Trinajstić information content (AvgIpc) is 3.46. The quantitative estimate of drug-likeness (QED) is 0.514. The van der Waals surface area contributed by atoms with E-state index in [-0.39, 0.29) is 17.8 Å².